The Bertz CT molecular complexity index is 369. The molecular formula is C15H21NO. The van der Waals surface area contributed by atoms with Crippen LogP contribution in [0.3, 0.4) is 0 Å². The second-order valence-electron chi connectivity index (χ2n) is 4.64. The number of rotatable bonds is 6. The molecule has 1 saturated carbocycles. The molecule has 0 unspecified atom stereocenters. The number of hydrogen-bond donors (Lipinski definition) is 1. The molecule has 1 aromatic carbocycles. The van der Waals surface area contributed by atoms with Crippen LogP contribution in [0, 0.1) is 0 Å². The average Bonchev–Trinajstić information content (AvgIpc) is 2.32. The van der Waals surface area contributed by atoms with Crippen LogP contribution in [-0.4, -0.2) is 19.7 Å². The fraction of sp³-hybridized carbons (Fsp3) is 0.467. The molecule has 0 saturated heterocycles. The van der Waals surface area contributed by atoms with Crippen LogP contribution in [0.15, 0.2) is 36.9 Å². The Morgan fingerprint density at radius 3 is 2.88 bits per heavy atom. The Labute approximate surface area is 104 Å². The standard InChI is InChI=1S/C15H21NO/c1-3-4-9-16-13-10-12(11-13)14-7-5-6-8-15(14)17-2/h3,5-8,12-13,16H,1,4,9-11H2,2H3. The van der Waals surface area contributed by atoms with Gasteiger partial charge < -0.3 is 10.1 Å². The van der Waals surface area contributed by atoms with E-state index in [4.69, 9.17) is 4.74 Å². The van der Waals surface area contributed by atoms with Crippen molar-refractivity contribution in [3.63, 3.8) is 0 Å². The summed E-state index contributed by atoms with van der Waals surface area (Å²) >= 11 is 0. The third-order valence-corrected chi connectivity index (χ3v) is 3.50. The molecule has 0 spiro atoms. The Morgan fingerprint density at radius 1 is 1.41 bits per heavy atom. The first-order valence-corrected chi connectivity index (χ1v) is 6.32. The van der Waals surface area contributed by atoms with Gasteiger partial charge in [0.15, 0.2) is 0 Å². The van der Waals surface area contributed by atoms with Crippen LogP contribution in [0.1, 0.15) is 30.7 Å². The van der Waals surface area contributed by atoms with Crippen LogP contribution in [0.5, 0.6) is 5.75 Å². The van der Waals surface area contributed by atoms with Crippen molar-refractivity contribution in [2.24, 2.45) is 0 Å². The van der Waals surface area contributed by atoms with E-state index in [2.05, 4.69) is 24.0 Å². The maximum atomic E-state index is 5.40. The van der Waals surface area contributed by atoms with E-state index in [1.165, 1.54) is 18.4 Å². The summed E-state index contributed by atoms with van der Waals surface area (Å²) in [7, 11) is 1.75. The molecule has 1 aromatic rings. The summed E-state index contributed by atoms with van der Waals surface area (Å²) < 4.78 is 5.40. The Morgan fingerprint density at radius 2 is 2.18 bits per heavy atom. The van der Waals surface area contributed by atoms with Gasteiger partial charge in [-0.2, -0.15) is 0 Å². The Kier molecular flexibility index (Phi) is 4.21. The molecule has 0 heterocycles. The molecule has 0 bridgehead atoms. The minimum absolute atomic E-state index is 0.660. The summed E-state index contributed by atoms with van der Waals surface area (Å²) in [6.45, 7) is 4.78. The highest BCUT2D eigenvalue weighted by molar-refractivity contribution is 5.37. The molecule has 1 N–H and O–H groups in total. The van der Waals surface area contributed by atoms with E-state index < -0.39 is 0 Å². The van der Waals surface area contributed by atoms with Gasteiger partial charge in [0, 0.05) is 6.04 Å². The lowest BCUT2D eigenvalue weighted by molar-refractivity contribution is 0.285. The van der Waals surface area contributed by atoms with E-state index in [1.54, 1.807) is 7.11 Å². The lowest BCUT2D eigenvalue weighted by Gasteiger charge is -2.37. The summed E-state index contributed by atoms with van der Waals surface area (Å²) in [6.07, 6.45) is 5.45. The van der Waals surface area contributed by atoms with Gasteiger partial charge in [0.2, 0.25) is 0 Å². The van der Waals surface area contributed by atoms with Crippen LogP contribution >= 0.6 is 0 Å². The van der Waals surface area contributed by atoms with Crippen molar-refractivity contribution in [1.29, 1.82) is 0 Å². The van der Waals surface area contributed by atoms with Crippen molar-refractivity contribution >= 4 is 0 Å². The zero-order valence-electron chi connectivity index (χ0n) is 10.5. The molecule has 2 rings (SSSR count). The van der Waals surface area contributed by atoms with E-state index in [0.29, 0.717) is 12.0 Å². The highest BCUT2D eigenvalue weighted by Gasteiger charge is 2.31. The predicted octanol–water partition coefficient (Wildman–Crippen LogP) is 3.11. The molecule has 0 atom stereocenters. The average molecular weight is 231 g/mol. The van der Waals surface area contributed by atoms with Crippen molar-refractivity contribution in [2.75, 3.05) is 13.7 Å². The highest BCUT2D eigenvalue weighted by Crippen LogP contribution is 2.40. The molecular weight excluding hydrogens is 210 g/mol. The molecule has 0 aliphatic heterocycles. The smallest absolute Gasteiger partial charge is 0.122 e. The van der Waals surface area contributed by atoms with Gasteiger partial charge in [-0.15, -0.1) is 6.58 Å². The summed E-state index contributed by atoms with van der Waals surface area (Å²) in [6, 6.07) is 9.03. The van der Waals surface area contributed by atoms with Crippen molar-refractivity contribution in [3.8, 4) is 5.75 Å². The van der Waals surface area contributed by atoms with Gasteiger partial charge in [-0.1, -0.05) is 24.3 Å². The second-order valence-corrected chi connectivity index (χ2v) is 4.64. The van der Waals surface area contributed by atoms with Gasteiger partial charge in [0.1, 0.15) is 5.75 Å². The zero-order valence-corrected chi connectivity index (χ0v) is 10.5. The van der Waals surface area contributed by atoms with E-state index in [9.17, 15) is 0 Å². The molecule has 0 aromatic heterocycles. The van der Waals surface area contributed by atoms with E-state index in [1.807, 2.05) is 18.2 Å². The maximum Gasteiger partial charge on any atom is 0.122 e. The molecule has 17 heavy (non-hydrogen) atoms. The molecule has 2 heteroatoms. The SMILES string of the molecule is C=CCCNC1CC(c2ccccc2OC)C1. The van der Waals surface area contributed by atoms with Gasteiger partial charge in [-0.3, -0.25) is 0 Å². The van der Waals surface area contributed by atoms with Crippen molar-refractivity contribution in [3.05, 3.63) is 42.5 Å². The lowest BCUT2D eigenvalue weighted by atomic mass is 9.75. The van der Waals surface area contributed by atoms with Crippen molar-refractivity contribution < 1.29 is 4.74 Å². The largest absolute Gasteiger partial charge is 0.496 e. The number of methoxy groups -OCH3 is 1. The minimum atomic E-state index is 0.660. The number of benzene rings is 1. The van der Waals surface area contributed by atoms with Crippen LogP contribution in [0.4, 0.5) is 0 Å². The quantitative estimate of drug-likeness (QED) is 0.600. The number of nitrogens with one attached hydrogen (secondary N) is 1. The lowest BCUT2D eigenvalue weighted by Crippen LogP contribution is -2.40. The summed E-state index contributed by atoms with van der Waals surface area (Å²) in [5.41, 5.74) is 1.36. The number of ether oxygens (including phenoxy) is 1. The van der Waals surface area contributed by atoms with Gasteiger partial charge in [-0.25, -0.2) is 0 Å². The van der Waals surface area contributed by atoms with Crippen molar-refractivity contribution in [2.45, 2.75) is 31.2 Å². The molecule has 1 aliphatic rings. The van der Waals surface area contributed by atoms with Crippen molar-refractivity contribution in [1.82, 2.24) is 5.32 Å². The van der Waals surface area contributed by atoms with Crippen LogP contribution in [-0.2, 0) is 0 Å². The normalized spacial score (nSPS) is 22.9. The van der Waals surface area contributed by atoms with E-state index >= 15 is 0 Å². The fourth-order valence-electron chi connectivity index (χ4n) is 2.43. The topological polar surface area (TPSA) is 21.3 Å². The van der Waals surface area contributed by atoms with Crippen LogP contribution in [0.2, 0.25) is 0 Å². The fourth-order valence-corrected chi connectivity index (χ4v) is 2.43. The van der Waals surface area contributed by atoms with Gasteiger partial charge in [0.05, 0.1) is 7.11 Å². The minimum Gasteiger partial charge on any atom is -0.496 e. The third kappa shape index (κ3) is 2.89. The molecule has 1 aliphatic carbocycles. The third-order valence-electron chi connectivity index (χ3n) is 3.50. The van der Waals surface area contributed by atoms with Gasteiger partial charge >= 0.3 is 0 Å². The zero-order chi connectivity index (χ0) is 12.1. The molecule has 92 valence electrons. The first-order valence-electron chi connectivity index (χ1n) is 6.32. The first kappa shape index (κ1) is 12.2. The second kappa shape index (κ2) is 5.87. The van der Waals surface area contributed by atoms with Crippen LogP contribution in [0.25, 0.3) is 0 Å². The molecule has 1 fully saturated rings. The summed E-state index contributed by atoms with van der Waals surface area (Å²) in [5.74, 6) is 1.69. The Hall–Kier alpha value is -1.28. The van der Waals surface area contributed by atoms with Gasteiger partial charge in [0.25, 0.3) is 0 Å². The van der Waals surface area contributed by atoms with E-state index in [0.717, 1.165) is 18.7 Å². The number of para-hydroxylation sites is 1. The molecule has 0 radical (unpaired) electrons. The monoisotopic (exact) mass is 231 g/mol. The predicted molar refractivity (Wildman–Crippen MR) is 71.6 cm³/mol. The Balaban J connectivity index is 1.84. The summed E-state index contributed by atoms with van der Waals surface area (Å²) in [5, 5.41) is 3.55. The number of hydrogen-bond acceptors (Lipinski definition) is 2. The highest BCUT2D eigenvalue weighted by atomic mass is 16.5. The van der Waals surface area contributed by atoms with Crippen LogP contribution < -0.4 is 10.1 Å². The summed E-state index contributed by atoms with van der Waals surface area (Å²) in [4.78, 5) is 0. The molecule has 2 nitrogen and oxygen atoms in total. The molecule has 0 amide bonds. The van der Waals surface area contributed by atoms with E-state index in [-0.39, 0.29) is 0 Å². The van der Waals surface area contributed by atoms with Gasteiger partial charge in [-0.05, 0) is 43.4 Å². The first-order chi connectivity index (χ1) is 8.35. The maximum absolute atomic E-state index is 5.40.